The van der Waals surface area contributed by atoms with Gasteiger partial charge in [0.15, 0.2) is 0 Å². The smallest absolute Gasteiger partial charge is 0.247 e. The molecular weight excluding hydrogens is 262 g/mol. The summed E-state index contributed by atoms with van der Waals surface area (Å²) in [6, 6.07) is 18.0. The molecule has 0 saturated carbocycles. The predicted molar refractivity (Wildman–Crippen MR) is 81.8 cm³/mol. The van der Waals surface area contributed by atoms with Crippen LogP contribution in [0.25, 0.3) is 11.5 Å². The van der Waals surface area contributed by atoms with Gasteiger partial charge in [-0.05, 0) is 31.7 Å². The van der Waals surface area contributed by atoms with E-state index in [4.69, 9.17) is 4.42 Å². The Morgan fingerprint density at radius 3 is 2.52 bits per heavy atom. The van der Waals surface area contributed by atoms with E-state index < -0.39 is 0 Å². The van der Waals surface area contributed by atoms with Gasteiger partial charge >= 0.3 is 0 Å². The summed E-state index contributed by atoms with van der Waals surface area (Å²) in [6.45, 7) is 2.04. The van der Waals surface area contributed by atoms with Crippen LogP contribution in [0.15, 0.2) is 59.0 Å². The maximum absolute atomic E-state index is 5.85. The summed E-state index contributed by atoms with van der Waals surface area (Å²) in [5, 5.41) is 11.6. The van der Waals surface area contributed by atoms with E-state index >= 15 is 0 Å². The molecule has 4 heteroatoms. The fourth-order valence-corrected chi connectivity index (χ4v) is 2.32. The van der Waals surface area contributed by atoms with Crippen LogP contribution in [0.4, 0.5) is 0 Å². The maximum atomic E-state index is 5.85. The largest absolute Gasteiger partial charge is 0.419 e. The summed E-state index contributed by atoms with van der Waals surface area (Å²) < 4.78 is 5.85. The van der Waals surface area contributed by atoms with Gasteiger partial charge in [0.25, 0.3) is 0 Å². The Kier molecular flexibility index (Phi) is 3.79. The second-order valence-corrected chi connectivity index (χ2v) is 4.95. The van der Waals surface area contributed by atoms with E-state index in [1.807, 2.05) is 68.6 Å². The van der Waals surface area contributed by atoms with E-state index in [0.29, 0.717) is 11.8 Å². The second kappa shape index (κ2) is 5.89. The fourth-order valence-electron chi connectivity index (χ4n) is 2.32. The highest BCUT2D eigenvalue weighted by Crippen LogP contribution is 2.24. The predicted octanol–water partition coefficient (Wildman–Crippen LogP) is 3.35. The van der Waals surface area contributed by atoms with E-state index in [9.17, 15) is 0 Å². The van der Waals surface area contributed by atoms with Crippen molar-refractivity contribution < 1.29 is 4.42 Å². The Morgan fingerprint density at radius 2 is 1.81 bits per heavy atom. The van der Waals surface area contributed by atoms with Gasteiger partial charge < -0.3 is 9.73 Å². The monoisotopic (exact) mass is 279 g/mol. The van der Waals surface area contributed by atoms with Crippen molar-refractivity contribution in [3.05, 3.63) is 71.6 Å². The first-order chi connectivity index (χ1) is 10.3. The quantitative estimate of drug-likeness (QED) is 0.795. The highest BCUT2D eigenvalue weighted by Gasteiger charge is 2.19. The summed E-state index contributed by atoms with van der Waals surface area (Å²) >= 11 is 0. The molecule has 21 heavy (non-hydrogen) atoms. The van der Waals surface area contributed by atoms with Crippen LogP contribution in [-0.2, 0) is 0 Å². The van der Waals surface area contributed by atoms with Gasteiger partial charge in [-0.1, -0.05) is 48.0 Å². The third kappa shape index (κ3) is 2.85. The minimum Gasteiger partial charge on any atom is -0.419 e. The number of aromatic nitrogens is 2. The Bertz CT molecular complexity index is 722. The minimum absolute atomic E-state index is 0.0998. The summed E-state index contributed by atoms with van der Waals surface area (Å²) in [5.74, 6) is 1.12. The highest BCUT2D eigenvalue weighted by atomic mass is 16.4. The van der Waals surface area contributed by atoms with Gasteiger partial charge in [-0.3, -0.25) is 0 Å². The molecule has 0 bridgehead atoms. The first-order valence-electron chi connectivity index (χ1n) is 6.90. The maximum Gasteiger partial charge on any atom is 0.247 e. The van der Waals surface area contributed by atoms with Gasteiger partial charge in [-0.25, -0.2) is 0 Å². The number of rotatable bonds is 4. The lowest BCUT2D eigenvalue weighted by atomic mass is 10.1. The van der Waals surface area contributed by atoms with Crippen LogP contribution >= 0.6 is 0 Å². The van der Waals surface area contributed by atoms with Crippen molar-refractivity contribution in [1.82, 2.24) is 15.5 Å². The molecule has 106 valence electrons. The molecule has 1 unspecified atom stereocenters. The zero-order chi connectivity index (χ0) is 14.7. The second-order valence-electron chi connectivity index (χ2n) is 4.95. The molecule has 2 aromatic carbocycles. The molecule has 0 aliphatic rings. The van der Waals surface area contributed by atoms with Crippen LogP contribution in [0, 0.1) is 6.92 Å². The molecule has 1 heterocycles. The Labute approximate surface area is 123 Å². The summed E-state index contributed by atoms with van der Waals surface area (Å²) in [5.41, 5.74) is 3.21. The van der Waals surface area contributed by atoms with Crippen LogP contribution in [-0.4, -0.2) is 17.2 Å². The van der Waals surface area contributed by atoms with Crippen LogP contribution in [0.3, 0.4) is 0 Å². The minimum atomic E-state index is -0.0998. The normalized spacial score (nSPS) is 12.3. The van der Waals surface area contributed by atoms with E-state index in [1.54, 1.807) is 0 Å². The molecule has 0 saturated heterocycles. The number of benzene rings is 2. The van der Waals surface area contributed by atoms with Crippen molar-refractivity contribution in [3.63, 3.8) is 0 Å². The average molecular weight is 279 g/mol. The van der Waals surface area contributed by atoms with Gasteiger partial charge in [0.2, 0.25) is 11.8 Å². The molecule has 0 aliphatic carbocycles. The Hall–Kier alpha value is -2.46. The molecule has 3 aromatic rings. The third-order valence-electron chi connectivity index (χ3n) is 3.37. The van der Waals surface area contributed by atoms with Crippen molar-refractivity contribution in [2.45, 2.75) is 13.0 Å². The first-order valence-corrected chi connectivity index (χ1v) is 6.90. The van der Waals surface area contributed by atoms with Gasteiger partial charge in [-0.15, -0.1) is 10.2 Å². The molecule has 0 fully saturated rings. The number of nitrogens with one attached hydrogen (secondary N) is 1. The van der Waals surface area contributed by atoms with Gasteiger partial charge in [-0.2, -0.15) is 0 Å². The Morgan fingerprint density at radius 1 is 1.00 bits per heavy atom. The summed E-state index contributed by atoms with van der Waals surface area (Å²) in [4.78, 5) is 0. The molecule has 0 spiro atoms. The van der Waals surface area contributed by atoms with Crippen molar-refractivity contribution in [3.8, 4) is 11.5 Å². The van der Waals surface area contributed by atoms with E-state index in [1.165, 1.54) is 5.56 Å². The molecule has 4 nitrogen and oxygen atoms in total. The van der Waals surface area contributed by atoms with Crippen molar-refractivity contribution >= 4 is 0 Å². The molecule has 0 aliphatic heterocycles. The lowest BCUT2D eigenvalue weighted by Crippen LogP contribution is -2.17. The molecule has 1 atom stereocenters. The zero-order valence-corrected chi connectivity index (χ0v) is 12.1. The molecular formula is C17H17N3O. The van der Waals surface area contributed by atoms with E-state index in [2.05, 4.69) is 15.5 Å². The molecule has 1 aromatic heterocycles. The lowest BCUT2D eigenvalue weighted by Gasteiger charge is -2.11. The summed E-state index contributed by atoms with van der Waals surface area (Å²) in [7, 11) is 1.88. The van der Waals surface area contributed by atoms with Gasteiger partial charge in [0.1, 0.15) is 6.04 Å². The lowest BCUT2D eigenvalue weighted by molar-refractivity contribution is 0.456. The number of nitrogens with zero attached hydrogens (tertiary/aromatic N) is 2. The van der Waals surface area contributed by atoms with E-state index in [0.717, 1.165) is 11.1 Å². The average Bonchev–Trinajstić information content (AvgIpc) is 2.99. The molecule has 0 amide bonds. The molecule has 1 N–H and O–H groups in total. The van der Waals surface area contributed by atoms with Crippen molar-refractivity contribution in [2.75, 3.05) is 7.05 Å². The topological polar surface area (TPSA) is 51.0 Å². The van der Waals surface area contributed by atoms with Gasteiger partial charge in [0.05, 0.1) is 0 Å². The summed E-state index contributed by atoms with van der Waals surface area (Å²) in [6.07, 6.45) is 0. The van der Waals surface area contributed by atoms with Crippen LogP contribution in [0.5, 0.6) is 0 Å². The van der Waals surface area contributed by atoms with Crippen LogP contribution in [0.1, 0.15) is 23.1 Å². The fraction of sp³-hybridized carbons (Fsp3) is 0.176. The van der Waals surface area contributed by atoms with Gasteiger partial charge in [0, 0.05) is 5.56 Å². The van der Waals surface area contributed by atoms with Crippen molar-refractivity contribution in [2.24, 2.45) is 0 Å². The zero-order valence-electron chi connectivity index (χ0n) is 12.1. The van der Waals surface area contributed by atoms with E-state index in [-0.39, 0.29) is 6.04 Å². The van der Waals surface area contributed by atoms with Crippen LogP contribution < -0.4 is 5.32 Å². The molecule has 3 rings (SSSR count). The number of aryl methyl sites for hydroxylation is 1. The molecule has 0 radical (unpaired) electrons. The highest BCUT2D eigenvalue weighted by molar-refractivity contribution is 5.53. The standard InChI is InChI=1S/C17H17N3O/c1-12-7-6-10-14(11-12)16-19-20-17(21-16)15(18-2)13-8-4-3-5-9-13/h3-11,15,18H,1-2H3. The number of hydrogen-bond acceptors (Lipinski definition) is 4. The van der Waals surface area contributed by atoms with Crippen molar-refractivity contribution in [1.29, 1.82) is 0 Å². The van der Waals surface area contributed by atoms with Crippen LogP contribution in [0.2, 0.25) is 0 Å². The first kappa shape index (κ1) is 13.5. The number of hydrogen-bond donors (Lipinski definition) is 1. The third-order valence-corrected chi connectivity index (χ3v) is 3.37. The SMILES string of the molecule is CNC(c1ccccc1)c1nnc(-c2cccc(C)c2)o1. The Balaban J connectivity index is 1.94.